The number of fused-ring (bicyclic) bond motifs is 1. The topological polar surface area (TPSA) is 62.7 Å². The van der Waals surface area contributed by atoms with E-state index in [1.807, 2.05) is 29.2 Å². The molecule has 0 radical (unpaired) electrons. The number of benzene rings is 1. The van der Waals surface area contributed by atoms with Crippen LogP contribution in [0.25, 0.3) is 10.6 Å². The Kier molecular flexibility index (Phi) is 5.06. The van der Waals surface area contributed by atoms with Gasteiger partial charge in [-0.2, -0.15) is 0 Å². The van der Waals surface area contributed by atoms with E-state index < -0.39 is 17.9 Å². The van der Waals surface area contributed by atoms with Gasteiger partial charge in [0.25, 0.3) is 5.91 Å². The highest BCUT2D eigenvalue weighted by molar-refractivity contribution is 7.17. The van der Waals surface area contributed by atoms with Crippen LogP contribution in [0.3, 0.4) is 0 Å². The van der Waals surface area contributed by atoms with Crippen molar-refractivity contribution in [3.63, 3.8) is 0 Å². The second-order valence-electron chi connectivity index (χ2n) is 8.36. The Labute approximate surface area is 173 Å². The summed E-state index contributed by atoms with van der Waals surface area (Å²) in [6.45, 7) is 6.74. The number of ether oxygens (including phenoxy) is 1. The summed E-state index contributed by atoms with van der Waals surface area (Å²) in [6, 6.07) is 7.81. The van der Waals surface area contributed by atoms with Crippen molar-refractivity contribution in [2.24, 2.45) is 0 Å². The second-order valence-corrected chi connectivity index (χ2v) is 9.36. The summed E-state index contributed by atoms with van der Waals surface area (Å²) >= 11 is 1.29. The molecule has 1 saturated heterocycles. The molecule has 4 rings (SSSR count). The SMILES string of the molecule is CC(C)(C)OC(=O)N1CCc2nc(-c3ccc(N4CC[C@@H](F)C4)cc3)sc2C1=O. The van der Waals surface area contributed by atoms with Crippen LogP contribution >= 0.6 is 11.3 Å². The Balaban J connectivity index is 1.52. The standard InChI is InChI=1S/C21H24FN3O3S/c1-21(2,3)28-20(27)25-11-9-16-17(19(25)26)29-18(23-16)13-4-6-15(7-5-13)24-10-8-14(22)12-24/h4-7,14H,8-12H2,1-3H3/t14-/m1/s1. The zero-order chi connectivity index (χ0) is 20.8. The predicted molar refractivity (Wildman–Crippen MR) is 110 cm³/mol. The van der Waals surface area contributed by atoms with E-state index in [0.29, 0.717) is 24.3 Å². The average molecular weight is 418 g/mol. The number of anilines is 1. The van der Waals surface area contributed by atoms with Crippen molar-refractivity contribution in [2.75, 3.05) is 24.5 Å². The van der Waals surface area contributed by atoms with E-state index in [4.69, 9.17) is 4.74 Å². The van der Waals surface area contributed by atoms with Crippen LogP contribution in [0.4, 0.5) is 14.9 Å². The predicted octanol–water partition coefficient (Wildman–Crippen LogP) is 4.29. The van der Waals surface area contributed by atoms with Crippen molar-refractivity contribution in [1.82, 2.24) is 9.88 Å². The third-order valence-corrected chi connectivity index (χ3v) is 6.07. The molecular weight excluding hydrogens is 393 g/mol. The molecule has 2 aromatic rings. The summed E-state index contributed by atoms with van der Waals surface area (Å²) in [7, 11) is 0. The van der Waals surface area contributed by atoms with Crippen LogP contribution in [-0.4, -0.2) is 53.3 Å². The van der Waals surface area contributed by atoms with Gasteiger partial charge in [0.2, 0.25) is 0 Å². The summed E-state index contributed by atoms with van der Waals surface area (Å²) in [4.78, 5) is 33.4. The number of halogens is 1. The molecule has 0 spiro atoms. The Morgan fingerprint density at radius 3 is 2.59 bits per heavy atom. The van der Waals surface area contributed by atoms with Crippen molar-refractivity contribution in [1.29, 1.82) is 0 Å². The van der Waals surface area contributed by atoms with Gasteiger partial charge in [0.15, 0.2) is 0 Å². The molecule has 6 nitrogen and oxygen atoms in total. The summed E-state index contributed by atoms with van der Waals surface area (Å²) < 4.78 is 18.8. The molecule has 0 bridgehead atoms. The van der Waals surface area contributed by atoms with Gasteiger partial charge in [-0.3, -0.25) is 4.79 Å². The molecule has 2 aliphatic rings. The Morgan fingerprint density at radius 1 is 1.24 bits per heavy atom. The molecule has 2 aliphatic heterocycles. The van der Waals surface area contributed by atoms with Crippen molar-refractivity contribution < 1.29 is 18.7 Å². The minimum absolute atomic E-state index is 0.266. The molecule has 0 N–H and O–H groups in total. The minimum Gasteiger partial charge on any atom is -0.443 e. The van der Waals surface area contributed by atoms with E-state index in [2.05, 4.69) is 4.98 Å². The van der Waals surface area contributed by atoms with Crippen LogP contribution in [-0.2, 0) is 11.2 Å². The van der Waals surface area contributed by atoms with Gasteiger partial charge in [-0.1, -0.05) is 0 Å². The minimum atomic E-state index is -0.765. The van der Waals surface area contributed by atoms with Gasteiger partial charge in [0.05, 0.1) is 5.69 Å². The first-order valence-corrected chi connectivity index (χ1v) is 10.6. The lowest BCUT2D eigenvalue weighted by Gasteiger charge is -2.27. The first-order chi connectivity index (χ1) is 13.7. The normalized spacial score (nSPS) is 19.4. The zero-order valence-corrected chi connectivity index (χ0v) is 17.6. The number of amides is 2. The van der Waals surface area contributed by atoms with Gasteiger partial charge >= 0.3 is 6.09 Å². The van der Waals surface area contributed by atoms with Gasteiger partial charge in [-0.25, -0.2) is 19.1 Å². The zero-order valence-electron chi connectivity index (χ0n) is 16.8. The maximum Gasteiger partial charge on any atom is 0.417 e. The van der Waals surface area contributed by atoms with Gasteiger partial charge in [-0.05, 0) is 51.5 Å². The molecular formula is C21H24FN3O3S. The van der Waals surface area contributed by atoms with E-state index in [1.54, 1.807) is 20.8 Å². The van der Waals surface area contributed by atoms with Gasteiger partial charge < -0.3 is 9.64 Å². The molecule has 0 unspecified atom stereocenters. The second kappa shape index (κ2) is 7.40. The molecule has 29 heavy (non-hydrogen) atoms. The molecule has 1 aromatic carbocycles. The lowest BCUT2D eigenvalue weighted by Crippen LogP contribution is -2.44. The fourth-order valence-electron chi connectivity index (χ4n) is 3.51. The van der Waals surface area contributed by atoms with Crippen molar-refractivity contribution in [3.05, 3.63) is 34.8 Å². The van der Waals surface area contributed by atoms with E-state index in [9.17, 15) is 14.0 Å². The number of carbonyl (C=O) groups excluding carboxylic acids is 2. The number of alkyl halides is 1. The fourth-order valence-corrected chi connectivity index (χ4v) is 4.58. The molecule has 0 aliphatic carbocycles. The number of carbonyl (C=O) groups is 2. The third kappa shape index (κ3) is 4.12. The Bertz CT molecular complexity index is 936. The first kappa shape index (κ1) is 19.8. The highest BCUT2D eigenvalue weighted by Crippen LogP contribution is 2.33. The summed E-state index contributed by atoms with van der Waals surface area (Å²) in [5, 5.41) is 0.741. The van der Waals surface area contributed by atoms with Gasteiger partial charge in [-0.15, -0.1) is 11.3 Å². The van der Waals surface area contributed by atoms with Crippen molar-refractivity contribution in [2.45, 2.75) is 45.4 Å². The van der Waals surface area contributed by atoms with Crippen molar-refractivity contribution in [3.8, 4) is 10.6 Å². The summed E-state index contributed by atoms with van der Waals surface area (Å²) in [5.41, 5.74) is 1.96. The molecule has 1 fully saturated rings. The van der Waals surface area contributed by atoms with Crippen molar-refractivity contribution >= 4 is 29.0 Å². The Morgan fingerprint density at radius 2 is 1.97 bits per heavy atom. The van der Waals surface area contributed by atoms with Crippen LogP contribution in [0.2, 0.25) is 0 Å². The van der Waals surface area contributed by atoms with E-state index >= 15 is 0 Å². The van der Waals surface area contributed by atoms with E-state index in [1.165, 1.54) is 11.3 Å². The van der Waals surface area contributed by atoms with Crippen LogP contribution in [0, 0.1) is 0 Å². The number of aromatic nitrogens is 1. The number of thiazole rings is 1. The van der Waals surface area contributed by atoms with Crippen LogP contribution in [0.15, 0.2) is 24.3 Å². The lowest BCUT2D eigenvalue weighted by atomic mass is 10.1. The van der Waals surface area contributed by atoms with Crippen LogP contribution in [0.1, 0.15) is 42.6 Å². The third-order valence-electron chi connectivity index (χ3n) is 4.93. The van der Waals surface area contributed by atoms with Crippen LogP contribution < -0.4 is 4.90 Å². The summed E-state index contributed by atoms with van der Waals surface area (Å²) in [6.07, 6.45) is -0.304. The number of hydrogen-bond acceptors (Lipinski definition) is 6. The van der Waals surface area contributed by atoms with Gasteiger partial charge in [0, 0.05) is 37.3 Å². The molecule has 3 heterocycles. The maximum atomic E-state index is 13.4. The molecule has 2 amide bonds. The lowest BCUT2D eigenvalue weighted by molar-refractivity contribution is 0.0235. The number of imide groups is 1. The van der Waals surface area contributed by atoms with Gasteiger partial charge in [0.1, 0.15) is 21.7 Å². The van der Waals surface area contributed by atoms with E-state index in [0.717, 1.165) is 33.4 Å². The molecule has 8 heteroatoms. The first-order valence-electron chi connectivity index (χ1n) is 9.75. The molecule has 1 aromatic heterocycles. The number of nitrogens with zero attached hydrogens (tertiary/aromatic N) is 3. The summed E-state index contributed by atoms with van der Waals surface area (Å²) in [5.74, 6) is -0.355. The smallest absolute Gasteiger partial charge is 0.417 e. The fraction of sp³-hybridized carbons (Fsp3) is 0.476. The van der Waals surface area contributed by atoms with Crippen LogP contribution in [0.5, 0.6) is 0 Å². The number of hydrogen-bond donors (Lipinski definition) is 0. The molecule has 0 saturated carbocycles. The monoisotopic (exact) mass is 417 g/mol. The molecule has 1 atom stereocenters. The largest absolute Gasteiger partial charge is 0.443 e. The number of rotatable bonds is 2. The Hall–Kier alpha value is -2.48. The quantitative estimate of drug-likeness (QED) is 0.729. The highest BCUT2D eigenvalue weighted by Gasteiger charge is 2.35. The average Bonchev–Trinajstić information content (AvgIpc) is 3.27. The maximum absolute atomic E-state index is 13.4. The highest BCUT2D eigenvalue weighted by atomic mass is 32.1. The molecule has 154 valence electrons. The van der Waals surface area contributed by atoms with E-state index in [-0.39, 0.29) is 12.5 Å².